The number of hydrogen-bond donors (Lipinski definition) is 2. The highest BCUT2D eigenvalue weighted by atomic mass is 16.4. The lowest BCUT2D eigenvalue weighted by molar-refractivity contribution is 0.210. The Balaban J connectivity index is 2.15. The molecule has 1 unspecified atom stereocenters. The smallest absolute Gasteiger partial charge is 0.139 e. The van der Waals surface area contributed by atoms with Crippen LogP contribution in [0.15, 0.2) is 5.16 Å². The Morgan fingerprint density at radius 3 is 2.72 bits per heavy atom. The van der Waals surface area contributed by atoms with Gasteiger partial charge in [-0.05, 0) is 45.4 Å². The number of likely N-dealkylation sites (tertiary alicyclic amines) is 1. The Morgan fingerprint density at radius 2 is 2.11 bits per heavy atom. The summed E-state index contributed by atoms with van der Waals surface area (Å²) in [6.45, 7) is 10.3. The number of rotatable bonds is 8. The lowest BCUT2D eigenvalue weighted by Crippen LogP contribution is -2.37. The number of nitrogens with zero attached hydrogens (tertiary/aromatic N) is 3. The summed E-state index contributed by atoms with van der Waals surface area (Å²) in [5.74, 6) is 0.345. The third-order valence-electron chi connectivity index (χ3n) is 3.86. The fourth-order valence-electron chi connectivity index (χ4n) is 2.74. The second kappa shape index (κ2) is 8.32. The lowest BCUT2D eigenvalue weighted by atomic mass is 10.2. The van der Waals surface area contributed by atoms with Crippen LogP contribution in [0.25, 0.3) is 0 Å². The quantitative estimate of drug-likeness (QED) is 0.226. The van der Waals surface area contributed by atoms with E-state index in [-0.39, 0.29) is 0 Å². The van der Waals surface area contributed by atoms with Crippen LogP contribution in [0.3, 0.4) is 0 Å². The molecule has 0 amide bonds. The van der Waals surface area contributed by atoms with Crippen LogP contribution in [0.2, 0.25) is 0 Å². The average molecular weight is 256 g/mol. The molecule has 18 heavy (non-hydrogen) atoms. The van der Waals surface area contributed by atoms with E-state index in [1.54, 1.807) is 0 Å². The third-order valence-corrected chi connectivity index (χ3v) is 3.86. The van der Waals surface area contributed by atoms with Gasteiger partial charge in [0.2, 0.25) is 0 Å². The first kappa shape index (κ1) is 15.2. The zero-order chi connectivity index (χ0) is 13.4. The topological polar surface area (TPSA) is 65.1 Å². The SMILES string of the molecule is CCN(CC)C1CCN(CCCCC(N)=NO)C1. The number of oxime groups is 1. The number of likely N-dealkylation sites (N-methyl/N-ethyl adjacent to an activating group) is 1. The first-order valence-electron chi connectivity index (χ1n) is 7.14. The van der Waals surface area contributed by atoms with Crippen molar-refractivity contribution >= 4 is 5.84 Å². The summed E-state index contributed by atoms with van der Waals surface area (Å²) in [4.78, 5) is 5.09. The van der Waals surface area contributed by atoms with E-state index < -0.39 is 0 Å². The van der Waals surface area contributed by atoms with Crippen LogP contribution in [0, 0.1) is 0 Å². The van der Waals surface area contributed by atoms with Crippen LogP contribution in [-0.4, -0.2) is 59.6 Å². The average Bonchev–Trinajstić information content (AvgIpc) is 2.84. The molecule has 0 aliphatic carbocycles. The van der Waals surface area contributed by atoms with E-state index in [9.17, 15) is 0 Å². The van der Waals surface area contributed by atoms with Crippen molar-refractivity contribution in [2.45, 2.75) is 45.6 Å². The molecule has 0 saturated carbocycles. The van der Waals surface area contributed by atoms with Gasteiger partial charge in [0, 0.05) is 19.0 Å². The molecule has 3 N–H and O–H groups in total. The molecule has 1 atom stereocenters. The van der Waals surface area contributed by atoms with Gasteiger partial charge in [0.15, 0.2) is 0 Å². The summed E-state index contributed by atoms with van der Waals surface area (Å²) in [6, 6.07) is 0.740. The Bertz CT molecular complexity index is 253. The molecule has 106 valence electrons. The third kappa shape index (κ3) is 4.82. The monoisotopic (exact) mass is 256 g/mol. The minimum absolute atomic E-state index is 0.345. The first-order chi connectivity index (χ1) is 8.71. The molecule has 0 bridgehead atoms. The molecule has 5 heteroatoms. The largest absolute Gasteiger partial charge is 0.409 e. The fraction of sp³-hybridized carbons (Fsp3) is 0.923. The standard InChI is InChI=1S/C13H28N4O/c1-3-17(4-2)12-8-10-16(11-12)9-6-5-7-13(14)15-18/h12,18H,3-11H2,1-2H3,(H2,14,15). The van der Waals surface area contributed by atoms with Gasteiger partial charge in [0.25, 0.3) is 0 Å². The predicted octanol–water partition coefficient (Wildman–Crippen LogP) is 1.32. The Labute approximate surface area is 111 Å². The molecular weight excluding hydrogens is 228 g/mol. The Morgan fingerprint density at radius 1 is 1.39 bits per heavy atom. The minimum atomic E-state index is 0.345. The lowest BCUT2D eigenvalue weighted by Gasteiger charge is -2.26. The predicted molar refractivity (Wildman–Crippen MR) is 75.0 cm³/mol. The van der Waals surface area contributed by atoms with Crippen LogP contribution in [0.5, 0.6) is 0 Å². The number of nitrogens with two attached hydrogens (primary N) is 1. The second-order valence-electron chi connectivity index (χ2n) is 5.01. The first-order valence-corrected chi connectivity index (χ1v) is 7.14. The highest BCUT2D eigenvalue weighted by molar-refractivity contribution is 5.79. The highest BCUT2D eigenvalue weighted by Gasteiger charge is 2.25. The molecule has 1 rings (SSSR count). The van der Waals surface area contributed by atoms with Gasteiger partial charge in [0.05, 0.1) is 0 Å². The van der Waals surface area contributed by atoms with Crippen molar-refractivity contribution in [1.82, 2.24) is 9.80 Å². The van der Waals surface area contributed by atoms with E-state index in [2.05, 4.69) is 28.8 Å². The van der Waals surface area contributed by atoms with E-state index >= 15 is 0 Å². The zero-order valence-electron chi connectivity index (χ0n) is 11.8. The van der Waals surface area contributed by atoms with Gasteiger partial charge in [-0.1, -0.05) is 19.0 Å². The van der Waals surface area contributed by atoms with Gasteiger partial charge in [-0.15, -0.1) is 0 Å². The second-order valence-corrected chi connectivity index (χ2v) is 5.01. The maximum absolute atomic E-state index is 8.44. The van der Waals surface area contributed by atoms with E-state index in [0.29, 0.717) is 12.3 Å². The maximum Gasteiger partial charge on any atom is 0.139 e. The summed E-state index contributed by atoms with van der Waals surface area (Å²) >= 11 is 0. The van der Waals surface area contributed by atoms with Crippen molar-refractivity contribution in [3.05, 3.63) is 0 Å². The van der Waals surface area contributed by atoms with Crippen LogP contribution < -0.4 is 5.73 Å². The molecule has 0 spiro atoms. The molecule has 1 heterocycles. The van der Waals surface area contributed by atoms with E-state index in [1.165, 1.54) is 19.5 Å². The fourth-order valence-corrected chi connectivity index (χ4v) is 2.74. The summed E-state index contributed by atoms with van der Waals surface area (Å²) in [5.41, 5.74) is 5.44. The molecule has 0 aromatic rings. The number of unbranched alkanes of at least 4 members (excludes halogenated alkanes) is 1. The molecule has 1 aliphatic heterocycles. The van der Waals surface area contributed by atoms with Crippen LogP contribution in [0.4, 0.5) is 0 Å². The summed E-state index contributed by atoms with van der Waals surface area (Å²) < 4.78 is 0. The van der Waals surface area contributed by atoms with Crippen LogP contribution in [-0.2, 0) is 0 Å². The van der Waals surface area contributed by atoms with Gasteiger partial charge in [0.1, 0.15) is 5.84 Å². The zero-order valence-corrected chi connectivity index (χ0v) is 11.8. The molecule has 5 nitrogen and oxygen atoms in total. The molecule has 1 saturated heterocycles. The Kier molecular flexibility index (Phi) is 7.05. The summed E-state index contributed by atoms with van der Waals surface area (Å²) in [6.07, 6.45) is 4.12. The van der Waals surface area contributed by atoms with Gasteiger partial charge < -0.3 is 15.8 Å². The van der Waals surface area contributed by atoms with Gasteiger partial charge in [-0.2, -0.15) is 0 Å². The molecule has 0 aromatic heterocycles. The highest BCUT2D eigenvalue weighted by Crippen LogP contribution is 2.16. The minimum Gasteiger partial charge on any atom is -0.409 e. The summed E-state index contributed by atoms with van der Waals surface area (Å²) in [5, 5.41) is 11.4. The van der Waals surface area contributed by atoms with Crippen molar-refractivity contribution in [1.29, 1.82) is 0 Å². The van der Waals surface area contributed by atoms with Crippen molar-refractivity contribution in [3.63, 3.8) is 0 Å². The van der Waals surface area contributed by atoms with Crippen molar-refractivity contribution in [2.24, 2.45) is 10.9 Å². The van der Waals surface area contributed by atoms with Crippen LogP contribution >= 0.6 is 0 Å². The van der Waals surface area contributed by atoms with E-state index in [1.807, 2.05) is 0 Å². The summed E-state index contributed by atoms with van der Waals surface area (Å²) in [7, 11) is 0. The normalized spacial score (nSPS) is 21.9. The number of hydrogen-bond acceptors (Lipinski definition) is 4. The van der Waals surface area contributed by atoms with Crippen LogP contribution in [0.1, 0.15) is 39.5 Å². The molecular formula is C13H28N4O. The van der Waals surface area contributed by atoms with E-state index in [4.69, 9.17) is 10.9 Å². The van der Waals surface area contributed by atoms with Crippen molar-refractivity contribution < 1.29 is 5.21 Å². The van der Waals surface area contributed by atoms with Gasteiger partial charge in [-0.3, -0.25) is 4.90 Å². The molecule has 0 aromatic carbocycles. The van der Waals surface area contributed by atoms with Gasteiger partial charge in [-0.25, -0.2) is 0 Å². The number of amidine groups is 1. The van der Waals surface area contributed by atoms with Crippen molar-refractivity contribution in [2.75, 3.05) is 32.7 Å². The maximum atomic E-state index is 8.44. The Hall–Kier alpha value is -0.810. The molecule has 1 aliphatic rings. The van der Waals surface area contributed by atoms with E-state index in [0.717, 1.165) is 38.5 Å². The van der Waals surface area contributed by atoms with Crippen molar-refractivity contribution in [3.8, 4) is 0 Å². The molecule has 1 fully saturated rings. The van der Waals surface area contributed by atoms with Gasteiger partial charge >= 0.3 is 0 Å². The molecule has 0 radical (unpaired) electrons.